The Morgan fingerprint density at radius 2 is 1.95 bits per heavy atom. The van der Waals surface area contributed by atoms with Gasteiger partial charge in [0.05, 0.1) is 5.56 Å². The van der Waals surface area contributed by atoms with Crippen LogP contribution >= 0.6 is 11.8 Å². The zero-order valence-corrected chi connectivity index (χ0v) is 12.5. The first-order valence-corrected chi connectivity index (χ1v) is 7.40. The molecular formula is C14H12F3N3OS. The number of rotatable bonds is 3. The maximum atomic E-state index is 13.1. The van der Waals surface area contributed by atoms with Crippen molar-refractivity contribution in [2.24, 2.45) is 0 Å². The smallest absolute Gasteiger partial charge is 0.322 e. The van der Waals surface area contributed by atoms with Crippen molar-refractivity contribution in [3.8, 4) is 0 Å². The fraction of sp³-hybridized carbons (Fsp3) is 0.214. The summed E-state index contributed by atoms with van der Waals surface area (Å²) in [6.45, 7) is 1.74. The lowest BCUT2D eigenvalue weighted by molar-refractivity contribution is -0.142. The number of thioether (sulfide) groups is 1. The van der Waals surface area contributed by atoms with Gasteiger partial charge >= 0.3 is 6.18 Å². The summed E-state index contributed by atoms with van der Waals surface area (Å²) in [4.78, 5) is 19.3. The molecule has 0 fully saturated rings. The van der Waals surface area contributed by atoms with Gasteiger partial charge in [0.15, 0.2) is 10.9 Å². The lowest BCUT2D eigenvalue weighted by atomic mass is 10.1. The number of aromatic nitrogens is 2. The van der Waals surface area contributed by atoms with Gasteiger partial charge in [0.1, 0.15) is 0 Å². The minimum absolute atomic E-state index is 0.0419. The molecule has 1 heterocycles. The number of nitrogens with zero attached hydrogens (tertiary/aromatic N) is 2. The molecule has 4 nitrogen and oxygen atoms in total. The third-order valence-electron chi connectivity index (χ3n) is 2.86. The van der Waals surface area contributed by atoms with Gasteiger partial charge in [0, 0.05) is 11.9 Å². The number of alkyl halides is 3. The van der Waals surface area contributed by atoms with E-state index in [0.29, 0.717) is 5.69 Å². The maximum Gasteiger partial charge on any atom is 0.434 e. The second-order valence-electron chi connectivity index (χ2n) is 4.39. The van der Waals surface area contributed by atoms with Crippen LogP contribution in [0.25, 0.3) is 0 Å². The van der Waals surface area contributed by atoms with Crippen molar-refractivity contribution in [1.82, 2.24) is 9.97 Å². The van der Waals surface area contributed by atoms with E-state index in [0.717, 1.165) is 23.5 Å². The van der Waals surface area contributed by atoms with Crippen molar-refractivity contribution in [3.63, 3.8) is 0 Å². The van der Waals surface area contributed by atoms with Gasteiger partial charge in [-0.15, -0.1) is 0 Å². The molecule has 8 heteroatoms. The summed E-state index contributed by atoms with van der Waals surface area (Å²) < 4.78 is 39.2. The van der Waals surface area contributed by atoms with Crippen LogP contribution in [0.5, 0.6) is 0 Å². The van der Waals surface area contributed by atoms with Gasteiger partial charge in [-0.1, -0.05) is 30.0 Å². The molecule has 0 aliphatic rings. The normalized spacial score (nSPS) is 11.3. The van der Waals surface area contributed by atoms with E-state index in [1.165, 1.54) is 0 Å². The van der Waals surface area contributed by atoms with Crippen molar-refractivity contribution in [2.45, 2.75) is 18.3 Å². The van der Waals surface area contributed by atoms with Gasteiger partial charge in [-0.3, -0.25) is 4.79 Å². The number of amides is 1. The van der Waals surface area contributed by atoms with Gasteiger partial charge in [-0.2, -0.15) is 13.2 Å². The summed E-state index contributed by atoms with van der Waals surface area (Å²) in [6, 6.07) is 6.80. The van der Waals surface area contributed by atoms with E-state index in [9.17, 15) is 18.0 Å². The standard InChI is InChI=1S/C14H12F3N3OS/c1-8-5-3-4-6-10(8)19-12(21)9-7-18-13(22-2)20-11(9)14(15,16)17/h3-7H,1-2H3,(H,19,21). The number of carbonyl (C=O) groups is 1. The largest absolute Gasteiger partial charge is 0.434 e. The Hall–Kier alpha value is -2.09. The Bertz CT molecular complexity index is 704. The molecular weight excluding hydrogens is 315 g/mol. The van der Waals surface area contributed by atoms with Gasteiger partial charge in [0.25, 0.3) is 5.91 Å². The minimum atomic E-state index is -4.73. The van der Waals surface area contributed by atoms with Crippen molar-refractivity contribution < 1.29 is 18.0 Å². The first-order chi connectivity index (χ1) is 10.3. The highest BCUT2D eigenvalue weighted by Gasteiger charge is 2.38. The lowest BCUT2D eigenvalue weighted by Gasteiger charge is -2.13. The first kappa shape index (κ1) is 16.3. The van der Waals surface area contributed by atoms with E-state index in [1.54, 1.807) is 37.4 Å². The fourth-order valence-electron chi connectivity index (χ4n) is 1.75. The third kappa shape index (κ3) is 3.56. The fourth-order valence-corrected chi connectivity index (χ4v) is 2.09. The number of aryl methyl sites for hydroxylation is 1. The summed E-state index contributed by atoms with van der Waals surface area (Å²) in [7, 11) is 0. The van der Waals surface area contributed by atoms with Crippen LogP contribution in [-0.2, 0) is 6.18 Å². The molecule has 0 spiro atoms. The monoisotopic (exact) mass is 327 g/mol. The van der Waals surface area contributed by atoms with Crippen LogP contribution in [0.2, 0.25) is 0 Å². The Kier molecular flexibility index (Phi) is 4.70. The minimum Gasteiger partial charge on any atom is -0.322 e. The Labute approximate surface area is 129 Å². The van der Waals surface area contributed by atoms with Crippen molar-refractivity contribution >= 4 is 23.4 Å². The second kappa shape index (κ2) is 6.35. The Morgan fingerprint density at radius 3 is 2.55 bits per heavy atom. The van der Waals surface area contributed by atoms with E-state index < -0.39 is 23.3 Å². The van der Waals surface area contributed by atoms with Crippen molar-refractivity contribution in [2.75, 3.05) is 11.6 Å². The SMILES string of the molecule is CSc1ncc(C(=O)Nc2ccccc2C)c(C(F)(F)F)n1. The molecule has 1 amide bonds. The summed E-state index contributed by atoms with van der Waals surface area (Å²) in [6.07, 6.45) is -2.27. The molecule has 22 heavy (non-hydrogen) atoms. The van der Waals surface area contributed by atoms with Gasteiger partial charge in [0.2, 0.25) is 0 Å². The summed E-state index contributed by atoms with van der Waals surface area (Å²) in [5.74, 6) is -0.894. The zero-order valence-electron chi connectivity index (χ0n) is 11.7. The van der Waals surface area contributed by atoms with E-state index in [4.69, 9.17) is 0 Å². The average molecular weight is 327 g/mol. The molecule has 116 valence electrons. The van der Waals surface area contributed by atoms with Crippen LogP contribution in [0, 0.1) is 6.92 Å². The lowest BCUT2D eigenvalue weighted by Crippen LogP contribution is -2.21. The van der Waals surface area contributed by atoms with Crippen LogP contribution in [0.3, 0.4) is 0 Å². The first-order valence-electron chi connectivity index (χ1n) is 6.18. The van der Waals surface area contributed by atoms with Crippen molar-refractivity contribution in [3.05, 3.63) is 47.3 Å². The van der Waals surface area contributed by atoms with E-state index >= 15 is 0 Å². The van der Waals surface area contributed by atoms with Crippen LogP contribution in [0.1, 0.15) is 21.6 Å². The molecule has 0 atom stereocenters. The van der Waals surface area contributed by atoms with E-state index in [2.05, 4.69) is 15.3 Å². The van der Waals surface area contributed by atoms with Crippen LogP contribution in [-0.4, -0.2) is 22.1 Å². The zero-order chi connectivity index (χ0) is 16.3. The number of hydrogen-bond acceptors (Lipinski definition) is 4. The highest BCUT2D eigenvalue weighted by Crippen LogP contribution is 2.31. The number of nitrogens with one attached hydrogen (secondary N) is 1. The molecule has 2 rings (SSSR count). The molecule has 0 radical (unpaired) electrons. The van der Waals surface area contributed by atoms with Gasteiger partial charge in [-0.25, -0.2) is 9.97 Å². The van der Waals surface area contributed by atoms with E-state index in [-0.39, 0.29) is 5.16 Å². The predicted molar refractivity (Wildman–Crippen MR) is 77.9 cm³/mol. The number of carbonyl (C=O) groups excluding carboxylic acids is 1. The number of halogens is 3. The number of anilines is 1. The summed E-state index contributed by atoms with van der Waals surface area (Å²) in [5, 5.41) is 2.41. The second-order valence-corrected chi connectivity index (χ2v) is 5.16. The molecule has 0 saturated heterocycles. The molecule has 1 aromatic heterocycles. The van der Waals surface area contributed by atoms with Crippen LogP contribution < -0.4 is 5.32 Å². The molecule has 0 saturated carbocycles. The van der Waals surface area contributed by atoms with E-state index in [1.807, 2.05) is 0 Å². The molecule has 0 bridgehead atoms. The van der Waals surface area contributed by atoms with Crippen LogP contribution in [0.15, 0.2) is 35.6 Å². The van der Waals surface area contributed by atoms with Crippen LogP contribution in [0.4, 0.5) is 18.9 Å². The Morgan fingerprint density at radius 1 is 1.27 bits per heavy atom. The Balaban J connectivity index is 2.39. The number of para-hydroxylation sites is 1. The quantitative estimate of drug-likeness (QED) is 0.688. The number of hydrogen-bond donors (Lipinski definition) is 1. The summed E-state index contributed by atoms with van der Waals surface area (Å²) >= 11 is 0.972. The summed E-state index contributed by atoms with van der Waals surface area (Å²) in [5.41, 5.74) is -0.660. The van der Waals surface area contributed by atoms with Gasteiger partial charge in [-0.05, 0) is 24.8 Å². The third-order valence-corrected chi connectivity index (χ3v) is 3.42. The topological polar surface area (TPSA) is 54.9 Å². The highest BCUT2D eigenvalue weighted by atomic mass is 32.2. The molecule has 1 aromatic carbocycles. The predicted octanol–water partition coefficient (Wildman–Crippen LogP) is 3.78. The van der Waals surface area contributed by atoms with Gasteiger partial charge < -0.3 is 5.32 Å². The molecule has 0 unspecified atom stereocenters. The number of benzene rings is 1. The highest BCUT2D eigenvalue weighted by molar-refractivity contribution is 7.98. The average Bonchev–Trinajstić information content (AvgIpc) is 2.48. The van der Waals surface area contributed by atoms with Crippen molar-refractivity contribution in [1.29, 1.82) is 0 Å². The molecule has 1 N–H and O–H groups in total. The molecule has 2 aromatic rings. The molecule has 0 aliphatic carbocycles. The molecule has 0 aliphatic heterocycles. The maximum absolute atomic E-state index is 13.1.